The molecule has 2 heteroatoms. The van der Waals surface area contributed by atoms with E-state index >= 15 is 0 Å². The maximum Gasteiger partial charge on any atom is 0.163 e. The van der Waals surface area contributed by atoms with Gasteiger partial charge in [0.15, 0.2) is 7.85 Å². The lowest BCUT2D eigenvalue weighted by Crippen LogP contribution is -1.98. The molecule has 17 heavy (non-hydrogen) atoms. The van der Waals surface area contributed by atoms with Crippen LogP contribution in [0, 0.1) is 0 Å². The molecule has 1 nitrogen and oxygen atoms in total. The molecule has 0 saturated heterocycles. The summed E-state index contributed by atoms with van der Waals surface area (Å²) in [6.45, 7) is 11.3. The average Bonchev–Trinajstić information content (AvgIpc) is 2.33. The lowest BCUT2D eigenvalue weighted by molar-refractivity contribution is 1.46. The molecule has 0 atom stereocenters. The van der Waals surface area contributed by atoms with E-state index in [4.69, 9.17) is 0 Å². The first-order valence-electron chi connectivity index (χ1n) is 5.66. The predicted molar refractivity (Wildman–Crippen MR) is 82.2 cm³/mol. The summed E-state index contributed by atoms with van der Waals surface area (Å²) >= 11 is 0. The van der Waals surface area contributed by atoms with Crippen molar-refractivity contribution < 1.29 is 0 Å². The zero-order chi connectivity index (χ0) is 13.1. The molecule has 0 spiro atoms. The third-order valence-electron chi connectivity index (χ3n) is 2.04. The number of hydrogen-bond acceptors (Lipinski definition) is 1. The molecule has 0 unspecified atom stereocenters. The van der Waals surface area contributed by atoms with Crippen molar-refractivity contribution in [1.29, 1.82) is 0 Å². The molecule has 0 aromatic rings. The molecular formula is C15H20BN. The monoisotopic (exact) mass is 225 g/mol. The van der Waals surface area contributed by atoms with E-state index < -0.39 is 0 Å². The molecule has 88 valence electrons. The minimum Gasteiger partial charge on any atom is -0.264 e. The normalized spacial score (nSPS) is 14.6. The molecule has 0 aliphatic heterocycles. The number of nitrogens with zero attached hydrogens (tertiary/aromatic N) is 1. The quantitative estimate of drug-likeness (QED) is 0.373. The molecule has 0 aromatic carbocycles. The molecule has 0 aliphatic carbocycles. The Morgan fingerprint density at radius 3 is 2.29 bits per heavy atom. The third-order valence-corrected chi connectivity index (χ3v) is 2.04. The van der Waals surface area contributed by atoms with Gasteiger partial charge in [0.25, 0.3) is 0 Å². The second kappa shape index (κ2) is 9.40. The number of allylic oxidation sites excluding steroid dienone is 9. The predicted octanol–water partition coefficient (Wildman–Crippen LogP) is 3.35. The van der Waals surface area contributed by atoms with Gasteiger partial charge in [-0.25, -0.2) is 0 Å². The highest BCUT2D eigenvalue weighted by Crippen LogP contribution is 2.06. The SMILES string of the molecule is BC(=C/C)/N=C(\C=C/C)C(/C=C\C=C)=C/C=C. The first-order valence-corrected chi connectivity index (χ1v) is 5.66. The summed E-state index contributed by atoms with van der Waals surface area (Å²) in [7, 11) is 1.98. The fraction of sp³-hybridized carbons (Fsp3) is 0.133. The Bertz CT molecular complexity index is 407. The van der Waals surface area contributed by atoms with Crippen molar-refractivity contribution in [3.8, 4) is 0 Å². The van der Waals surface area contributed by atoms with E-state index in [0.717, 1.165) is 16.9 Å². The lowest BCUT2D eigenvalue weighted by Gasteiger charge is -2.03. The summed E-state index contributed by atoms with van der Waals surface area (Å²) in [5, 5.41) is 0. The van der Waals surface area contributed by atoms with Gasteiger partial charge in [0.05, 0.1) is 5.71 Å². The van der Waals surface area contributed by atoms with Crippen molar-refractivity contribution in [3.63, 3.8) is 0 Å². The van der Waals surface area contributed by atoms with Crippen LogP contribution in [0.3, 0.4) is 0 Å². The van der Waals surface area contributed by atoms with Crippen molar-refractivity contribution in [2.75, 3.05) is 0 Å². The Balaban J connectivity index is 5.47. The summed E-state index contributed by atoms with van der Waals surface area (Å²) in [4.78, 5) is 4.55. The summed E-state index contributed by atoms with van der Waals surface area (Å²) in [6, 6.07) is 0. The topological polar surface area (TPSA) is 12.4 Å². The zero-order valence-electron chi connectivity index (χ0n) is 11.0. The van der Waals surface area contributed by atoms with Crippen LogP contribution in [0.5, 0.6) is 0 Å². The van der Waals surface area contributed by atoms with Gasteiger partial charge in [-0.1, -0.05) is 55.7 Å². The van der Waals surface area contributed by atoms with Crippen LogP contribution in [0.2, 0.25) is 0 Å². The Morgan fingerprint density at radius 1 is 1.12 bits per heavy atom. The molecule has 0 saturated carbocycles. The second-order valence-corrected chi connectivity index (χ2v) is 3.38. The number of rotatable bonds is 6. The van der Waals surface area contributed by atoms with Gasteiger partial charge in [-0.15, -0.1) is 0 Å². The molecule has 0 fully saturated rings. The maximum absolute atomic E-state index is 4.55. The van der Waals surface area contributed by atoms with E-state index in [1.54, 1.807) is 12.2 Å². The lowest BCUT2D eigenvalue weighted by atomic mass is 10.0. The molecule has 0 aliphatic rings. The zero-order valence-corrected chi connectivity index (χ0v) is 11.0. The van der Waals surface area contributed by atoms with E-state index in [0.29, 0.717) is 0 Å². The molecule has 0 rings (SSSR count). The van der Waals surface area contributed by atoms with Crippen molar-refractivity contribution >= 4 is 13.6 Å². The standard InChI is InChI=1S/C15H20BN/c1-5-9-12-13(10-6-2)14(11-7-3)17-15(16)8-4/h5-12H,1-2,16H2,3-4H3/b11-7-,12-9-,13-10+,15-8-,17-14+. The first kappa shape index (κ1) is 15.2. The molecule has 0 radical (unpaired) electrons. The summed E-state index contributed by atoms with van der Waals surface area (Å²) in [5.74, 6) is 0. The van der Waals surface area contributed by atoms with Crippen LogP contribution < -0.4 is 0 Å². The van der Waals surface area contributed by atoms with Gasteiger partial charge in [-0.3, -0.25) is 4.99 Å². The highest BCUT2D eigenvalue weighted by Gasteiger charge is 1.99. The summed E-state index contributed by atoms with van der Waals surface area (Å²) in [6.07, 6.45) is 15.2. The average molecular weight is 225 g/mol. The van der Waals surface area contributed by atoms with E-state index in [9.17, 15) is 0 Å². The molecular weight excluding hydrogens is 205 g/mol. The van der Waals surface area contributed by atoms with Crippen LogP contribution in [0.1, 0.15) is 13.8 Å². The third kappa shape index (κ3) is 6.36. The summed E-state index contributed by atoms with van der Waals surface area (Å²) < 4.78 is 0. The maximum atomic E-state index is 4.55. The van der Waals surface area contributed by atoms with Gasteiger partial charge < -0.3 is 0 Å². The van der Waals surface area contributed by atoms with Crippen LogP contribution in [0.25, 0.3) is 0 Å². The Hall–Kier alpha value is -1.83. The second-order valence-electron chi connectivity index (χ2n) is 3.38. The first-order chi connectivity index (χ1) is 8.19. The molecule has 0 aromatic heterocycles. The van der Waals surface area contributed by atoms with Crippen molar-refractivity contribution in [1.82, 2.24) is 0 Å². The van der Waals surface area contributed by atoms with Crippen molar-refractivity contribution in [2.24, 2.45) is 4.99 Å². The minimum atomic E-state index is 0.918. The van der Waals surface area contributed by atoms with E-state index in [2.05, 4.69) is 18.2 Å². The Morgan fingerprint density at radius 2 is 1.82 bits per heavy atom. The smallest absolute Gasteiger partial charge is 0.163 e. The highest BCUT2D eigenvalue weighted by atomic mass is 14.7. The molecule has 0 N–H and O–H groups in total. The van der Waals surface area contributed by atoms with Gasteiger partial charge in [0.1, 0.15) is 0 Å². The van der Waals surface area contributed by atoms with Gasteiger partial charge in [-0.05, 0) is 25.5 Å². The van der Waals surface area contributed by atoms with Crippen molar-refractivity contribution in [2.45, 2.75) is 13.8 Å². The van der Waals surface area contributed by atoms with Gasteiger partial charge in [0.2, 0.25) is 0 Å². The van der Waals surface area contributed by atoms with Crippen LogP contribution >= 0.6 is 0 Å². The highest BCUT2D eigenvalue weighted by molar-refractivity contribution is 6.23. The van der Waals surface area contributed by atoms with E-state index in [1.165, 1.54) is 0 Å². The van der Waals surface area contributed by atoms with Crippen LogP contribution in [-0.2, 0) is 0 Å². The Kier molecular flexibility index (Phi) is 8.39. The van der Waals surface area contributed by atoms with Crippen LogP contribution in [0.15, 0.2) is 77.9 Å². The van der Waals surface area contributed by atoms with Gasteiger partial charge in [-0.2, -0.15) is 0 Å². The largest absolute Gasteiger partial charge is 0.264 e. The van der Waals surface area contributed by atoms with Gasteiger partial charge in [0, 0.05) is 5.57 Å². The molecule has 0 amide bonds. The van der Waals surface area contributed by atoms with Crippen molar-refractivity contribution in [3.05, 3.63) is 72.9 Å². The summed E-state index contributed by atoms with van der Waals surface area (Å²) in [5.41, 5.74) is 2.92. The molecule has 0 heterocycles. The van der Waals surface area contributed by atoms with Gasteiger partial charge >= 0.3 is 0 Å². The fourth-order valence-corrected chi connectivity index (χ4v) is 1.14. The minimum absolute atomic E-state index is 0.918. The van der Waals surface area contributed by atoms with E-state index in [-0.39, 0.29) is 0 Å². The number of aliphatic imine (C=N–C) groups is 1. The Labute approximate surface area is 106 Å². The van der Waals surface area contributed by atoms with Crippen LogP contribution in [-0.4, -0.2) is 13.6 Å². The number of hydrogen-bond donors (Lipinski definition) is 0. The van der Waals surface area contributed by atoms with E-state index in [1.807, 2.05) is 58.1 Å². The fourth-order valence-electron chi connectivity index (χ4n) is 1.14. The van der Waals surface area contributed by atoms with Crippen LogP contribution in [0.4, 0.5) is 0 Å². The molecule has 0 bridgehead atoms.